The maximum absolute atomic E-state index is 13.6. The first kappa shape index (κ1) is 24.5. The van der Waals surface area contributed by atoms with E-state index < -0.39 is 0 Å². The van der Waals surface area contributed by atoms with E-state index in [9.17, 15) is 9.59 Å². The van der Waals surface area contributed by atoms with Gasteiger partial charge in [0.25, 0.3) is 11.8 Å². The van der Waals surface area contributed by atoms with Gasteiger partial charge in [0.2, 0.25) is 0 Å². The third-order valence-electron chi connectivity index (χ3n) is 6.68. The van der Waals surface area contributed by atoms with Crippen molar-refractivity contribution in [3.05, 3.63) is 86.8 Å². The van der Waals surface area contributed by atoms with Gasteiger partial charge in [0.1, 0.15) is 5.00 Å². The highest BCUT2D eigenvalue weighted by Crippen LogP contribution is 2.44. The lowest BCUT2D eigenvalue weighted by molar-refractivity contribution is 0.0939. The molecule has 0 radical (unpaired) electrons. The fourth-order valence-electron chi connectivity index (χ4n) is 4.55. The maximum Gasteiger partial charge on any atom is 0.256 e. The number of anilines is 1. The SMILES string of the molecule is CC(NC(=O)c1c(NC(=O)c2cccc(Cl)c2)sc2c1CCC(C(C)(C)C)C2)c1ccccc1. The Bertz CT molecular complexity index is 1200. The molecule has 2 N–H and O–H groups in total. The predicted octanol–water partition coefficient (Wildman–Crippen LogP) is 7.30. The molecule has 0 bridgehead atoms. The van der Waals surface area contributed by atoms with E-state index in [1.165, 1.54) is 16.2 Å². The van der Waals surface area contributed by atoms with Crippen molar-refractivity contribution in [2.24, 2.45) is 11.3 Å². The number of carbonyl (C=O) groups is 2. The first-order valence-corrected chi connectivity index (χ1v) is 12.9. The van der Waals surface area contributed by atoms with Gasteiger partial charge >= 0.3 is 0 Å². The number of carbonyl (C=O) groups excluding carboxylic acids is 2. The molecule has 0 spiro atoms. The molecule has 1 aliphatic carbocycles. The van der Waals surface area contributed by atoms with E-state index in [4.69, 9.17) is 11.6 Å². The number of hydrogen-bond donors (Lipinski definition) is 2. The molecule has 2 amide bonds. The van der Waals surface area contributed by atoms with Crippen LogP contribution in [0.2, 0.25) is 5.02 Å². The summed E-state index contributed by atoms with van der Waals surface area (Å²) in [4.78, 5) is 27.8. The lowest BCUT2D eigenvalue weighted by Gasteiger charge is -2.34. The Labute approximate surface area is 210 Å². The van der Waals surface area contributed by atoms with E-state index in [1.54, 1.807) is 24.3 Å². The van der Waals surface area contributed by atoms with E-state index in [0.717, 1.165) is 30.4 Å². The van der Waals surface area contributed by atoms with Crippen LogP contribution in [0.1, 0.15) is 76.9 Å². The molecule has 34 heavy (non-hydrogen) atoms. The maximum atomic E-state index is 13.6. The van der Waals surface area contributed by atoms with E-state index >= 15 is 0 Å². The van der Waals surface area contributed by atoms with Gasteiger partial charge in [-0.2, -0.15) is 0 Å². The van der Waals surface area contributed by atoms with Crippen LogP contribution in [0, 0.1) is 11.3 Å². The number of halogens is 1. The molecule has 1 aromatic heterocycles. The monoisotopic (exact) mass is 494 g/mol. The van der Waals surface area contributed by atoms with Crippen molar-refractivity contribution >= 4 is 39.8 Å². The van der Waals surface area contributed by atoms with Crippen LogP contribution in [-0.2, 0) is 12.8 Å². The van der Waals surface area contributed by atoms with Crippen molar-refractivity contribution in [1.29, 1.82) is 0 Å². The Hall–Kier alpha value is -2.63. The molecule has 2 aromatic carbocycles. The van der Waals surface area contributed by atoms with E-state index in [2.05, 4.69) is 31.4 Å². The van der Waals surface area contributed by atoms with Crippen LogP contribution in [0.4, 0.5) is 5.00 Å². The molecule has 0 aliphatic heterocycles. The highest BCUT2D eigenvalue weighted by molar-refractivity contribution is 7.17. The average Bonchev–Trinajstić information content (AvgIpc) is 3.16. The minimum Gasteiger partial charge on any atom is -0.345 e. The number of rotatable bonds is 5. The molecule has 1 heterocycles. The molecular formula is C28H31ClN2O2S. The molecule has 0 saturated carbocycles. The Morgan fingerprint density at radius 2 is 1.79 bits per heavy atom. The highest BCUT2D eigenvalue weighted by Gasteiger charge is 2.34. The average molecular weight is 495 g/mol. The number of benzene rings is 2. The van der Waals surface area contributed by atoms with Gasteiger partial charge in [-0.15, -0.1) is 11.3 Å². The summed E-state index contributed by atoms with van der Waals surface area (Å²) < 4.78 is 0. The van der Waals surface area contributed by atoms with E-state index in [-0.39, 0.29) is 23.3 Å². The topological polar surface area (TPSA) is 58.2 Å². The molecule has 3 aromatic rings. The zero-order valence-electron chi connectivity index (χ0n) is 20.1. The summed E-state index contributed by atoms with van der Waals surface area (Å²) in [5.74, 6) is 0.123. The predicted molar refractivity (Wildman–Crippen MR) is 141 cm³/mol. The molecule has 2 atom stereocenters. The summed E-state index contributed by atoms with van der Waals surface area (Å²) in [6.07, 6.45) is 2.79. The normalized spacial score (nSPS) is 16.4. The van der Waals surface area contributed by atoms with Crippen molar-refractivity contribution in [3.8, 4) is 0 Å². The summed E-state index contributed by atoms with van der Waals surface area (Å²) >= 11 is 7.62. The Kier molecular flexibility index (Phi) is 7.15. The number of hydrogen-bond acceptors (Lipinski definition) is 3. The van der Waals surface area contributed by atoms with Crippen LogP contribution in [0.15, 0.2) is 54.6 Å². The van der Waals surface area contributed by atoms with Crippen LogP contribution in [-0.4, -0.2) is 11.8 Å². The van der Waals surface area contributed by atoms with Crippen LogP contribution in [0.5, 0.6) is 0 Å². The van der Waals surface area contributed by atoms with Crippen LogP contribution in [0.3, 0.4) is 0 Å². The van der Waals surface area contributed by atoms with Crippen LogP contribution in [0.25, 0.3) is 0 Å². The first-order valence-electron chi connectivity index (χ1n) is 11.7. The quantitative estimate of drug-likeness (QED) is 0.391. The third-order valence-corrected chi connectivity index (χ3v) is 8.08. The summed E-state index contributed by atoms with van der Waals surface area (Å²) in [6, 6.07) is 16.6. The molecular weight excluding hydrogens is 464 g/mol. The Morgan fingerprint density at radius 3 is 2.47 bits per heavy atom. The van der Waals surface area contributed by atoms with Crippen molar-refractivity contribution in [3.63, 3.8) is 0 Å². The lowest BCUT2D eigenvalue weighted by Crippen LogP contribution is -2.30. The van der Waals surface area contributed by atoms with Gasteiger partial charge in [0.05, 0.1) is 11.6 Å². The fraction of sp³-hybridized carbons (Fsp3) is 0.357. The molecule has 0 saturated heterocycles. The summed E-state index contributed by atoms with van der Waals surface area (Å²) in [5, 5.41) is 7.28. The van der Waals surface area contributed by atoms with Gasteiger partial charge < -0.3 is 10.6 Å². The standard InChI is InChI=1S/C28H31ClN2O2S/c1-17(18-9-6-5-7-10-18)30-26(33)24-22-14-13-20(28(2,3)4)16-23(22)34-27(24)31-25(32)19-11-8-12-21(29)15-19/h5-12,15,17,20H,13-14,16H2,1-4H3,(H,30,33)(H,31,32). The molecule has 178 valence electrons. The second-order valence-electron chi connectivity index (χ2n) is 10.1. The van der Waals surface area contributed by atoms with Crippen molar-refractivity contribution in [2.75, 3.05) is 5.32 Å². The molecule has 4 nitrogen and oxygen atoms in total. The summed E-state index contributed by atoms with van der Waals surface area (Å²) in [6.45, 7) is 8.79. The second kappa shape index (κ2) is 9.93. The first-order chi connectivity index (χ1) is 16.1. The summed E-state index contributed by atoms with van der Waals surface area (Å²) in [5.41, 5.74) is 3.37. The summed E-state index contributed by atoms with van der Waals surface area (Å²) in [7, 11) is 0. The van der Waals surface area contributed by atoms with Crippen molar-refractivity contribution < 1.29 is 9.59 Å². The van der Waals surface area contributed by atoms with E-state index in [1.807, 2.05) is 37.3 Å². The fourth-order valence-corrected chi connectivity index (χ4v) is 6.06. The van der Waals surface area contributed by atoms with Crippen LogP contribution >= 0.6 is 22.9 Å². The number of nitrogens with one attached hydrogen (secondary N) is 2. The third kappa shape index (κ3) is 5.37. The Morgan fingerprint density at radius 1 is 1.06 bits per heavy atom. The van der Waals surface area contributed by atoms with Crippen LogP contribution < -0.4 is 10.6 Å². The Balaban J connectivity index is 1.66. The van der Waals surface area contributed by atoms with Gasteiger partial charge in [-0.05, 0) is 66.8 Å². The second-order valence-corrected chi connectivity index (χ2v) is 11.6. The molecule has 2 unspecified atom stereocenters. The van der Waals surface area contributed by atoms with Gasteiger partial charge in [-0.3, -0.25) is 9.59 Å². The lowest BCUT2D eigenvalue weighted by atomic mass is 9.72. The largest absolute Gasteiger partial charge is 0.345 e. The van der Waals surface area contributed by atoms with Gasteiger partial charge in [0.15, 0.2) is 0 Å². The zero-order valence-corrected chi connectivity index (χ0v) is 21.6. The smallest absolute Gasteiger partial charge is 0.256 e. The zero-order chi connectivity index (χ0) is 24.5. The molecule has 0 fully saturated rings. The minimum absolute atomic E-state index is 0.147. The molecule has 6 heteroatoms. The molecule has 4 rings (SSSR count). The highest BCUT2D eigenvalue weighted by atomic mass is 35.5. The van der Waals surface area contributed by atoms with Gasteiger partial charge in [-0.1, -0.05) is 68.8 Å². The van der Waals surface area contributed by atoms with Crippen molar-refractivity contribution in [1.82, 2.24) is 5.32 Å². The number of amides is 2. The molecule has 1 aliphatic rings. The van der Waals surface area contributed by atoms with Gasteiger partial charge in [-0.25, -0.2) is 0 Å². The van der Waals surface area contributed by atoms with Crippen molar-refractivity contribution in [2.45, 2.75) is 53.0 Å². The number of fused-ring (bicyclic) bond motifs is 1. The van der Waals surface area contributed by atoms with E-state index in [0.29, 0.717) is 27.1 Å². The minimum atomic E-state index is -0.265. The van der Waals surface area contributed by atoms with Gasteiger partial charge in [0, 0.05) is 15.5 Å². The number of thiophene rings is 1.